The summed E-state index contributed by atoms with van der Waals surface area (Å²) < 4.78 is 4.49. The predicted octanol–water partition coefficient (Wildman–Crippen LogP) is -0.460. The van der Waals surface area contributed by atoms with Crippen LogP contribution in [0.5, 0.6) is 0 Å². The number of rotatable bonds is 0. The quantitative estimate of drug-likeness (QED) is 0.435. The van der Waals surface area contributed by atoms with Gasteiger partial charge in [-0.1, -0.05) is 0 Å². The van der Waals surface area contributed by atoms with Gasteiger partial charge in [-0.05, 0) is 6.92 Å². The Labute approximate surface area is 47.3 Å². The van der Waals surface area contributed by atoms with E-state index in [0.29, 0.717) is 0 Å². The molecule has 46 valence electrons. The molecule has 8 heavy (non-hydrogen) atoms. The molecule has 1 heterocycles. The maximum Gasteiger partial charge on any atom is 0.311 e. The maximum absolute atomic E-state index is 10.4. The lowest BCUT2D eigenvalue weighted by Gasteiger charge is -1.97. The molecule has 1 aliphatic rings. The number of aliphatic hydroxyl groups is 1. The van der Waals surface area contributed by atoms with Crippen LogP contribution in [0.4, 0.5) is 0 Å². The van der Waals surface area contributed by atoms with Crippen molar-refractivity contribution in [2.45, 2.75) is 13.0 Å². The molecule has 2 atom stereocenters. The number of carbonyl (C=O) groups is 1. The number of aliphatic hydroxyl groups excluding tert-OH is 1. The number of esters is 1. The van der Waals surface area contributed by atoms with E-state index in [1.807, 2.05) is 0 Å². The van der Waals surface area contributed by atoms with E-state index in [-0.39, 0.29) is 18.5 Å². The van der Waals surface area contributed by atoms with Crippen LogP contribution < -0.4 is 0 Å². The molecule has 0 aromatic carbocycles. The Balaban J connectivity index is 2.56. The normalized spacial score (nSPS) is 37.5. The molecule has 1 saturated heterocycles. The SMILES string of the molecule is C[C@@H]1C(=O)OC[C@H]1O. The van der Waals surface area contributed by atoms with Gasteiger partial charge in [-0.25, -0.2) is 0 Å². The molecule has 0 unspecified atom stereocenters. The third-order valence-electron chi connectivity index (χ3n) is 1.35. The standard InChI is InChI=1S/C5H8O3/c1-3-4(6)2-8-5(3)7/h3-4,6H,2H2,1H3/t3-,4+/m0/s1. The number of cyclic esters (lactones) is 1. The molecule has 0 saturated carbocycles. The van der Waals surface area contributed by atoms with Gasteiger partial charge in [0.15, 0.2) is 0 Å². The van der Waals surface area contributed by atoms with Crippen molar-refractivity contribution in [2.24, 2.45) is 5.92 Å². The molecule has 0 aliphatic carbocycles. The van der Waals surface area contributed by atoms with Gasteiger partial charge in [0, 0.05) is 0 Å². The molecule has 0 amide bonds. The minimum absolute atomic E-state index is 0.167. The molecule has 1 N–H and O–H groups in total. The Morgan fingerprint density at radius 2 is 2.50 bits per heavy atom. The van der Waals surface area contributed by atoms with Crippen LogP contribution in [-0.2, 0) is 9.53 Å². The van der Waals surface area contributed by atoms with E-state index in [1.54, 1.807) is 6.92 Å². The topological polar surface area (TPSA) is 46.5 Å². The fraction of sp³-hybridized carbons (Fsp3) is 0.800. The molecule has 0 aromatic heterocycles. The first-order chi connectivity index (χ1) is 3.72. The van der Waals surface area contributed by atoms with Crippen LogP contribution in [-0.4, -0.2) is 23.8 Å². The Morgan fingerprint density at radius 3 is 2.62 bits per heavy atom. The summed E-state index contributed by atoms with van der Waals surface area (Å²) in [6.45, 7) is 1.82. The van der Waals surface area contributed by atoms with Gasteiger partial charge >= 0.3 is 5.97 Å². The van der Waals surface area contributed by atoms with E-state index in [9.17, 15) is 4.79 Å². The number of ether oxygens (including phenoxy) is 1. The highest BCUT2D eigenvalue weighted by Gasteiger charge is 2.30. The molecule has 0 spiro atoms. The first kappa shape index (κ1) is 5.56. The van der Waals surface area contributed by atoms with Gasteiger partial charge in [0.25, 0.3) is 0 Å². The van der Waals surface area contributed by atoms with E-state index in [2.05, 4.69) is 4.74 Å². The van der Waals surface area contributed by atoms with E-state index >= 15 is 0 Å². The summed E-state index contributed by atoms with van der Waals surface area (Å²) in [6.07, 6.45) is -0.581. The Kier molecular flexibility index (Phi) is 1.21. The molecule has 1 fully saturated rings. The van der Waals surface area contributed by atoms with E-state index in [0.717, 1.165) is 0 Å². The minimum atomic E-state index is -0.581. The second-order valence-corrected chi connectivity index (χ2v) is 1.99. The first-order valence-corrected chi connectivity index (χ1v) is 2.56. The van der Waals surface area contributed by atoms with Gasteiger partial charge in [0.05, 0.1) is 5.92 Å². The molecule has 0 aromatic rings. The predicted molar refractivity (Wildman–Crippen MR) is 26.1 cm³/mol. The third kappa shape index (κ3) is 0.690. The summed E-state index contributed by atoms with van der Waals surface area (Å²) in [4.78, 5) is 10.4. The van der Waals surface area contributed by atoms with E-state index in [1.165, 1.54) is 0 Å². The van der Waals surface area contributed by atoms with Crippen molar-refractivity contribution in [1.29, 1.82) is 0 Å². The number of hydrogen-bond donors (Lipinski definition) is 1. The summed E-state index contributed by atoms with van der Waals surface area (Å²) in [5.74, 6) is -0.618. The molecule has 0 bridgehead atoms. The highest BCUT2D eigenvalue weighted by molar-refractivity contribution is 5.74. The average Bonchev–Trinajstić information content (AvgIpc) is 1.98. The van der Waals surface area contributed by atoms with Crippen molar-refractivity contribution >= 4 is 5.97 Å². The van der Waals surface area contributed by atoms with E-state index in [4.69, 9.17) is 5.11 Å². The van der Waals surface area contributed by atoms with Crippen LogP contribution >= 0.6 is 0 Å². The zero-order chi connectivity index (χ0) is 6.15. The minimum Gasteiger partial charge on any atom is -0.463 e. The monoisotopic (exact) mass is 116 g/mol. The lowest BCUT2D eigenvalue weighted by Crippen LogP contribution is -2.16. The van der Waals surface area contributed by atoms with Crippen molar-refractivity contribution in [3.05, 3.63) is 0 Å². The summed E-state index contributed by atoms with van der Waals surface area (Å²) in [5.41, 5.74) is 0. The third-order valence-corrected chi connectivity index (χ3v) is 1.35. The maximum atomic E-state index is 10.4. The first-order valence-electron chi connectivity index (χ1n) is 2.56. The number of carbonyl (C=O) groups excluding carboxylic acids is 1. The molecule has 1 rings (SSSR count). The van der Waals surface area contributed by atoms with Gasteiger partial charge in [-0.15, -0.1) is 0 Å². The second kappa shape index (κ2) is 1.74. The van der Waals surface area contributed by atoms with Gasteiger partial charge in [0.1, 0.15) is 12.7 Å². The Bertz CT molecular complexity index is 110. The van der Waals surface area contributed by atoms with Crippen LogP contribution in [0.3, 0.4) is 0 Å². The molecule has 3 nitrogen and oxygen atoms in total. The summed E-state index contributed by atoms with van der Waals surface area (Å²) in [7, 11) is 0. The fourth-order valence-corrected chi connectivity index (χ4v) is 0.600. The zero-order valence-corrected chi connectivity index (χ0v) is 4.63. The smallest absolute Gasteiger partial charge is 0.311 e. The van der Waals surface area contributed by atoms with Gasteiger partial charge in [-0.3, -0.25) is 4.79 Å². The van der Waals surface area contributed by atoms with Crippen molar-refractivity contribution in [1.82, 2.24) is 0 Å². The number of hydrogen-bond acceptors (Lipinski definition) is 3. The van der Waals surface area contributed by atoms with Crippen LogP contribution in [0.15, 0.2) is 0 Å². The molecule has 1 aliphatic heterocycles. The molecular formula is C5H8O3. The van der Waals surface area contributed by atoms with Crippen molar-refractivity contribution < 1.29 is 14.6 Å². The van der Waals surface area contributed by atoms with Gasteiger partial charge in [-0.2, -0.15) is 0 Å². The van der Waals surface area contributed by atoms with Crippen LogP contribution in [0, 0.1) is 5.92 Å². The van der Waals surface area contributed by atoms with Crippen molar-refractivity contribution in [3.63, 3.8) is 0 Å². The second-order valence-electron chi connectivity index (χ2n) is 1.99. The van der Waals surface area contributed by atoms with Gasteiger partial charge < -0.3 is 9.84 Å². The molecule has 3 heteroatoms. The average molecular weight is 116 g/mol. The van der Waals surface area contributed by atoms with Crippen molar-refractivity contribution in [2.75, 3.05) is 6.61 Å². The van der Waals surface area contributed by atoms with E-state index < -0.39 is 6.10 Å². The van der Waals surface area contributed by atoms with Crippen LogP contribution in [0.1, 0.15) is 6.92 Å². The lowest BCUT2D eigenvalue weighted by molar-refractivity contribution is -0.140. The highest BCUT2D eigenvalue weighted by Crippen LogP contribution is 2.12. The summed E-state index contributed by atoms with van der Waals surface area (Å²) >= 11 is 0. The Morgan fingerprint density at radius 1 is 1.88 bits per heavy atom. The van der Waals surface area contributed by atoms with Crippen molar-refractivity contribution in [3.8, 4) is 0 Å². The summed E-state index contributed by atoms with van der Waals surface area (Å²) in [5, 5.41) is 8.82. The summed E-state index contributed by atoms with van der Waals surface area (Å²) in [6, 6.07) is 0. The van der Waals surface area contributed by atoms with Crippen LogP contribution in [0.25, 0.3) is 0 Å². The lowest BCUT2D eigenvalue weighted by atomic mass is 10.1. The molecular weight excluding hydrogens is 108 g/mol. The van der Waals surface area contributed by atoms with Gasteiger partial charge in [0.2, 0.25) is 0 Å². The van der Waals surface area contributed by atoms with Crippen LogP contribution in [0.2, 0.25) is 0 Å². The Hall–Kier alpha value is -0.570. The highest BCUT2D eigenvalue weighted by atomic mass is 16.6. The fourth-order valence-electron chi connectivity index (χ4n) is 0.600. The molecule has 0 radical (unpaired) electrons. The zero-order valence-electron chi connectivity index (χ0n) is 4.63. The largest absolute Gasteiger partial charge is 0.463 e.